The van der Waals surface area contributed by atoms with E-state index in [0.29, 0.717) is 12.2 Å². The quantitative estimate of drug-likeness (QED) is 0.399. The molecule has 1 fully saturated rings. The number of carbonyl (C=O) groups is 3. The number of carboxylic acids is 2. The Bertz CT molecular complexity index is 1120. The molecular weight excluding hydrogens is 434 g/mol. The van der Waals surface area contributed by atoms with Gasteiger partial charge in [0.25, 0.3) is 5.91 Å². The number of aromatic nitrogens is 1. The summed E-state index contributed by atoms with van der Waals surface area (Å²) in [5.41, 5.74) is 3.35. The maximum atomic E-state index is 12.3. The number of fused-ring (bicyclic) bond motifs is 1. The number of H-pyrrole nitrogens is 1. The fourth-order valence-corrected chi connectivity index (χ4v) is 3.92. The number of nitrogens with zero attached hydrogens (tertiary/aromatic N) is 1. The largest absolute Gasteiger partial charge is 0.478 e. The summed E-state index contributed by atoms with van der Waals surface area (Å²) in [5, 5.41) is 20.1. The number of nitrogens with one attached hydrogen (secondary N) is 2. The van der Waals surface area contributed by atoms with Crippen molar-refractivity contribution in [2.24, 2.45) is 0 Å². The van der Waals surface area contributed by atoms with Crippen LogP contribution in [0.15, 0.2) is 72.9 Å². The van der Waals surface area contributed by atoms with Crippen molar-refractivity contribution in [3.05, 3.63) is 84.1 Å². The Kier molecular flexibility index (Phi) is 8.99. The van der Waals surface area contributed by atoms with E-state index in [-0.39, 0.29) is 11.9 Å². The second kappa shape index (κ2) is 12.4. The SMILES string of the molecule is O=C(NC1CCN(CCc2c[nH]c3ccccc23)CC1)c1ccccc1.O=C(O)/C=C/C(=O)O. The van der Waals surface area contributed by atoms with Crippen molar-refractivity contribution in [2.45, 2.75) is 25.3 Å². The average Bonchev–Trinajstić information content (AvgIpc) is 3.26. The molecule has 0 bridgehead atoms. The van der Waals surface area contributed by atoms with Crippen LogP contribution in [0.4, 0.5) is 0 Å². The lowest BCUT2D eigenvalue weighted by Gasteiger charge is -2.32. The first-order valence-corrected chi connectivity index (χ1v) is 11.2. The zero-order valence-corrected chi connectivity index (χ0v) is 18.8. The summed E-state index contributed by atoms with van der Waals surface area (Å²) in [7, 11) is 0. The van der Waals surface area contributed by atoms with Crippen LogP contribution in [0.25, 0.3) is 10.9 Å². The van der Waals surface area contributed by atoms with Crippen molar-refractivity contribution in [1.29, 1.82) is 0 Å². The summed E-state index contributed by atoms with van der Waals surface area (Å²) in [5.74, 6) is -2.47. The summed E-state index contributed by atoms with van der Waals surface area (Å²) in [6, 6.07) is 18.2. The number of hydrogen-bond acceptors (Lipinski definition) is 4. The molecule has 0 saturated carbocycles. The number of aromatic amines is 1. The van der Waals surface area contributed by atoms with Gasteiger partial charge in [0.2, 0.25) is 0 Å². The third kappa shape index (κ3) is 7.60. The zero-order valence-electron chi connectivity index (χ0n) is 18.8. The van der Waals surface area contributed by atoms with Crippen LogP contribution in [0.3, 0.4) is 0 Å². The molecule has 8 nitrogen and oxygen atoms in total. The maximum Gasteiger partial charge on any atom is 0.328 e. The smallest absolute Gasteiger partial charge is 0.328 e. The molecule has 1 saturated heterocycles. The molecule has 1 amide bonds. The van der Waals surface area contributed by atoms with Crippen LogP contribution in [0.5, 0.6) is 0 Å². The van der Waals surface area contributed by atoms with Gasteiger partial charge >= 0.3 is 11.9 Å². The predicted octanol–water partition coefficient (Wildman–Crippen LogP) is 3.32. The molecule has 1 aromatic heterocycles. The van der Waals surface area contributed by atoms with Gasteiger partial charge in [0.05, 0.1) is 0 Å². The summed E-state index contributed by atoms with van der Waals surface area (Å²) < 4.78 is 0. The highest BCUT2D eigenvalue weighted by Gasteiger charge is 2.21. The summed E-state index contributed by atoms with van der Waals surface area (Å²) in [6.07, 6.45) is 6.35. The van der Waals surface area contributed by atoms with Gasteiger partial charge in [-0.25, -0.2) is 9.59 Å². The van der Waals surface area contributed by atoms with Crippen LogP contribution < -0.4 is 5.32 Å². The number of carboxylic acid groups (broad SMARTS) is 2. The van der Waals surface area contributed by atoms with E-state index >= 15 is 0 Å². The van der Waals surface area contributed by atoms with Gasteiger partial charge in [-0.1, -0.05) is 36.4 Å². The fraction of sp³-hybridized carbons (Fsp3) is 0.269. The number of carbonyl (C=O) groups excluding carboxylic acids is 1. The molecule has 4 rings (SSSR count). The Morgan fingerprint density at radius 3 is 2.21 bits per heavy atom. The van der Waals surface area contributed by atoms with Crippen molar-refractivity contribution in [3.8, 4) is 0 Å². The van der Waals surface area contributed by atoms with Crippen molar-refractivity contribution in [3.63, 3.8) is 0 Å². The van der Waals surface area contributed by atoms with Gasteiger partial charge in [-0.15, -0.1) is 0 Å². The Balaban J connectivity index is 0.000000350. The minimum Gasteiger partial charge on any atom is -0.478 e. The van der Waals surface area contributed by atoms with E-state index < -0.39 is 11.9 Å². The Hall–Kier alpha value is -3.91. The topological polar surface area (TPSA) is 123 Å². The number of amides is 1. The number of benzene rings is 2. The summed E-state index contributed by atoms with van der Waals surface area (Å²) >= 11 is 0. The second-order valence-electron chi connectivity index (χ2n) is 8.07. The average molecular weight is 464 g/mol. The molecular formula is C26H29N3O5. The van der Waals surface area contributed by atoms with Crippen LogP contribution in [0.1, 0.15) is 28.8 Å². The van der Waals surface area contributed by atoms with Gasteiger partial charge in [-0.3, -0.25) is 4.79 Å². The van der Waals surface area contributed by atoms with E-state index in [9.17, 15) is 14.4 Å². The van der Waals surface area contributed by atoms with Gasteiger partial charge in [-0.2, -0.15) is 0 Å². The van der Waals surface area contributed by atoms with Gasteiger partial charge in [0.15, 0.2) is 0 Å². The first-order chi connectivity index (χ1) is 16.4. The summed E-state index contributed by atoms with van der Waals surface area (Å²) in [6.45, 7) is 3.16. The highest BCUT2D eigenvalue weighted by Crippen LogP contribution is 2.19. The summed E-state index contributed by atoms with van der Waals surface area (Å²) in [4.78, 5) is 37.2. The molecule has 1 aliphatic rings. The molecule has 34 heavy (non-hydrogen) atoms. The highest BCUT2D eigenvalue weighted by atomic mass is 16.4. The van der Waals surface area contributed by atoms with Crippen molar-refractivity contribution in [2.75, 3.05) is 19.6 Å². The van der Waals surface area contributed by atoms with E-state index in [1.165, 1.54) is 16.5 Å². The fourth-order valence-electron chi connectivity index (χ4n) is 3.92. The number of hydrogen-bond donors (Lipinski definition) is 4. The molecule has 1 aliphatic heterocycles. The first kappa shape index (κ1) is 24.7. The van der Waals surface area contributed by atoms with Gasteiger partial charge in [0.1, 0.15) is 0 Å². The predicted molar refractivity (Wildman–Crippen MR) is 130 cm³/mol. The monoisotopic (exact) mass is 463 g/mol. The van der Waals surface area contributed by atoms with E-state index in [0.717, 1.165) is 44.5 Å². The molecule has 0 spiro atoms. The van der Waals surface area contributed by atoms with Crippen molar-refractivity contribution in [1.82, 2.24) is 15.2 Å². The Morgan fingerprint density at radius 2 is 1.56 bits per heavy atom. The lowest BCUT2D eigenvalue weighted by Crippen LogP contribution is -2.45. The number of rotatable bonds is 7. The first-order valence-electron chi connectivity index (χ1n) is 11.2. The zero-order chi connectivity index (χ0) is 24.3. The van der Waals surface area contributed by atoms with Crippen LogP contribution in [-0.2, 0) is 16.0 Å². The van der Waals surface area contributed by atoms with Gasteiger partial charge in [0, 0.05) is 60.5 Å². The molecule has 4 N–H and O–H groups in total. The number of likely N-dealkylation sites (tertiary alicyclic amines) is 1. The molecule has 8 heteroatoms. The molecule has 2 aromatic carbocycles. The van der Waals surface area contributed by atoms with Crippen molar-refractivity contribution >= 4 is 28.7 Å². The standard InChI is InChI=1S/C22H25N3O.C4H4O4/c26-22(17-6-2-1-3-7-17)24-19-11-14-25(15-12-19)13-10-18-16-23-21-9-5-4-8-20(18)21;5-3(6)1-2-4(7)8/h1-9,16,19,23H,10-15H2,(H,24,26);1-2H,(H,5,6)(H,7,8)/b;2-1+. The molecule has 2 heterocycles. The van der Waals surface area contributed by atoms with Crippen LogP contribution >= 0.6 is 0 Å². The third-order valence-electron chi connectivity index (χ3n) is 5.70. The highest BCUT2D eigenvalue weighted by molar-refractivity contribution is 5.94. The van der Waals surface area contributed by atoms with Gasteiger partial charge < -0.3 is 25.4 Å². The minimum atomic E-state index is -1.26. The lowest BCUT2D eigenvalue weighted by molar-refractivity contribution is -0.134. The molecule has 0 aliphatic carbocycles. The van der Waals surface area contributed by atoms with E-state index in [4.69, 9.17) is 10.2 Å². The Labute approximate surface area is 197 Å². The minimum absolute atomic E-state index is 0.0443. The van der Waals surface area contributed by atoms with Crippen molar-refractivity contribution < 1.29 is 24.6 Å². The number of para-hydroxylation sites is 1. The molecule has 0 atom stereocenters. The third-order valence-corrected chi connectivity index (χ3v) is 5.70. The number of piperidine rings is 1. The van der Waals surface area contributed by atoms with Crippen LogP contribution in [0, 0.1) is 0 Å². The second-order valence-corrected chi connectivity index (χ2v) is 8.07. The maximum absolute atomic E-state index is 12.3. The molecule has 3 aromatic rings. The van der Waals surface area contributed by atoms with E-state index in [1.54, 1.807) is 0 Å². The lowest BCUT2D eigenvalue weighted by atomic mass is 10.0. The van der Waals surface area contributed by atoms with Crippen LogP contribution in [0.2, 0.25) is 0 Å². The number of aliphatic carboxylic acids is 2. The Morgan fingerprint density at radius 1 is 0.941 bits per heavy atom. The van der Waals surface area contributed by atoms with E-state index in [2.05, 4.69) is 45.7 Å². The normalized spacial score (nSPS) is 14.5. The van der Waals surface area contributed by atoms with E-state index in [1.807, 2.05) is 30.3 Å². The molecule has 178 valence electrons. The molecule has 0 unspecified atom stereocenters. The van der Waals surface area contributed by atoms with Crippen LogP contribution in [-0.4, -0.2) is 63.6 Å². The van der Waals surface area contributed by atoms with Gasteiger partial charge in [-0.05, 0) is 43.0 Å². The molecule has 0 radical (unpaired) electrons.